The Morgan fingerprint density at radius 2 is 1.53 bits per heavy atom. The van der Waals surface area contributed by atoms with Crippen LogP contribution in [0.4, 0.5) is 0 Å². The van der Waals surface area contributed by atoms with Crippen LogP contribution in [-0.2, 0) is 9.53 Å². The number of ether oxygens (including phenoxy) is 3. The molecule has 1 N–H and O–H groups in total. The number of carbonyl (C=O) groups excluding carboxylic acids is 1. The predicted molar refractivity (Wildman–Crippen MR) is 131 cm³/mol. The Kier molecular flexibility index (Phi) is 6.78. The van der Waals surface area contributed by atoms with E-state index in [1.165, 1.54) is 0 Å². The molecule has 0 saturated heterocycles. The van der Waals surface area contributed by atoms with Crippen LogP contribution in [0.3, 0.4) is 0 Å². The van der Waals surface area contributed by atoms with E-state index in [1.54, 1.807) is 25.1 Å². The standard InChI is InChI=1S/C28H24O6/c1-18(2)28(31)34-23(16-32-22-9-4-3-5-10-22)17-33-26-24-11-7-6-8-19(24)14-20-12-13-21(27(29)30)15-25(20)26/h3-15,23H,1,16-17H2,2H3,(H,29,30). The summed E-state index contributed by atoms with van der Waals surface area (Å²) in [5.74, 6) is -0.403. The van der Waals surface area contributed by atoms with Gasteiger partial charge in [-0.1, -0.05) is 55.1 Å². The van der Waals surface area contributed by atoms with Gasteiger partial charge in [0.2, 0.25) is 0 Å². The lowest BCUT2D eigenvalue weighted by molar-refractivity contribution is -0.147. The van der Waals surface area contributed by atoms with E-state index < -0.39 is 18.0 Å². The van der Waals surface area contributed by atoms with Crippen LogP contribution in [0.1, 0.15) is 17.3 Å². The van der Waals surface area contributed by atoms with Gasteiger partial charge in [-0.2, -0.15) is 0 Å². The van der Waals surface area contributed by atoms with Crippen molar-refractivity contribution >= 4 is 33.5 Å². The van der Waals surface area contributed by atoms with Crippen LogP contribution < -0.4 is 9.47 Å². The molecule has 0 aromatic heterocycles. The average molecular weight is 456 g/mol. The van der Waals surface area contributed by atoms with Gasteiger partial charge in [0, 0.05) is 16.3 Å². The number of benzene rings is 4. The Balaban J connectivity index is 1.66. The number of hydrogen-bond acceptors (Lipinski definition) is 5. The van der Waals surface area contributed by atoms with Crippen LogP contribution in [0.5, 0.6) is 11.5 Å². The lowest BCUT2D eigenvalue weighted by Gasteiger charge is -2.21. The van der Waals surface area contributed by atoms with E-state index in [4.69, 9.17) is 14.2 Å². The van der Waals surface area contributed by atoms with E-state index in [0.29, 0.717) is 16.9 Å². The summed E-state index contributed by atoms with van der Waals surface area (Å²) in [6, 6.07) is 23.8. The normalized spacial score (nSPS) is 11.7. The SMILES string of the molecule is C=C(C)C(=O)OC(COc1ccccc1)COc1c2ccccc2cc2ccc(C(=O)O)cc12. The Morgan fingerprint density at radius 1 is 0.853 bits per heavy atom. The minimum absolute atomic E-state index is 0.00621. The highest BCUT2D eigenvalue weighted by Crippen LogP contribution is 2.35. The van der Waals surface area contributed by atoms with Gasteiger partial charge in [0.05, 0.1) is 5.56 Å². The number of esters is 1. The topological polar surface area (TPSA) is 82.1 Å². The maximum absolute atomic E-state index is 12.2. The molecule has 1 unspecified atom stereocenters. The third kappa shape index (κ3) is 5.18. The molecule has 4 aromatic rings. The Bertz CT molecular complexity index is 1360. The van der Waals surface area contributed by atoms with Crippen LogP contribution in [0.2, 0.25) is 0 Å². The van der Waals surface area contributed by atoms with E-state index in [1.807, 2.05) is 60.7 Å². The lowest BCUT2D eigenvalue weighted by Crippen LogP contribution is -2.31. The molecule has 6 heteroatoms. The monoisotopic (exact) mass is 456 g/mol. The van der Waals surface area contributed by atoms with Crippen molar-refractivity contribution in [2.75, 3.05) is 13.2 Å². The third-order valence-electron chi connectivity index (χ3n) is 5.28. The van der Waals surface area contributed by atoms with Gasteiger partial charge in [-0.05, 0) is 48.0 Å². The van der Waals surface area contributed by atoms with Crippen molar-refractivity contribution < 1.29 is 28.9 Å². The van der Waals surface area contributed by atoms with E-state index in [9.17, 15) is 14.7 Å². The van der Waals surface area contributed by atoms with Gasteiger partial charge in [-0.25, -0.2) is 9.59 Å². The zero-order valence-corrected chi connectivity index (χ0v) is 18.7. The number of fused-ring (bicyclic) bond motifs is 2. The zero-order valence-electron chi connectivity index (χ0n) is 18.7. The van der Waals surface area contributed by atoms with Crippen molar-refractivity contribution in [3.05, 3.63) is 96.6 Å². The van der Waals surface area contributed by atoms with Crippen molar-refractivity contribution in [2.24, 2.45) is 0 Å². The summed E-state index contributed by atoms with van der Waals surface area (Å²) in [4.78, 5) is 23.8. The molecule has 0 aliphatic heterocycles. The Labute approximate surface area is 197 Å². The van der Waals surface area contributed by atoms with Gasteiger partial charge >= 0.3 is 11.9 Å². The first-order valence-electron chi connectivity index (χ1n) is 10.8. The number of aromatic carboxylic acids is 1. The van der Waals surface area contributed by atoms with Crippen LogP contribution in [-0.4, -0.2) is 36.4 Å². The number of rotatable bonds is 9. The summed E-state index contributed by atoms with van der Waals surface area (Å²) in [5, 5.41) is 12.7. The summed E-state index contributed by atoms with van der Waals surface area (Å²) < 4.78 is 17.6. The fourth-order valence-electron chi connectivity index (χ4n) is 3.56. The molecule has 0 heterocycles. The van der Waals surface area contributed by atoms with Crippen molar-refractivity contribution in [1.82, 2.24) is 0 Å². The second kappa shape index (κ2) is 10.1. The lowest BCUT2D eigenvalue weighted by atomic mass is 10.00. The second-order valence-corrected chi connectivity index (χ2v) is 7.91. The van der Waals surface area contributed by atoms with Gasteiger partial charge in [0.25, 0.3) is 0 Å². The molecule has 4 aromatic carbocycles. The molecule has 0 spiro atoms. The van der Waals surface area contributed by atoms with Gasteiger partial charge in [0.1, 0.15) is 24.7 Å². The first-order chi connectivity index (χ1) is 16.4. The third-order valence-corrected chi connectivity index (χ3v) is 5.28. The van der Waals surface area contributed by atoms with Crippen LogP contribution in [0.25, 0.3) is 21.5 Å². The molecule has 0 bridgehead atoms. The largest absolute Gasteiger partial charge is 0.490 e. The summed E-state index contributed by atoms with van der Waals surface area (Å²) in [6.45, 7) is 5.30. The summed E-state index contributed by atoms with van der Waals surface area (Å²) in [6.07, 6.45) is -0.721. The molecule has 4 rings (SSSR count). The first kappa shape index (κ1) is 22.9. The Hall–Kier alpha value is -4.32. The minimum Gasteiger partial charge on any atom is -0.490 e. The molecular formula is C28H24O6. The summed E-state index contributed by atoms with van der Waals surface area (Å²) in [5.41, 5.74) is 0.428. The summed E-state index contributed by atoms with van der Waals surface area (Å²) >= 11 is 0. The van der Waals surface area contributed by atoms with Crippen molar-refractivity contribution in [2.45, 2.75) is 13.0 Å². The number of carboxylic acid groups (broad SMARTS) is 1. The number of carbonyl (C=O) groups is 2. The van der Waals surface area contributed by atoms with Crippen molar-refractivity contribution in [3.63, 3.8) is 0 Å². The number of hydrogen-bond donors (Lipinski definition) is 1. The smallest absolute Gasteiger partial charge is 0.335 e. The molecule has 1 atom stereocenters. The van der Waals surface area contributed by atoms with Crippen LogP contribution >= 0.6 is 0 Å². The maximum Gasteiger partial charge on any atom is 0.335 e. The second-order valence-electron chi connectivity index (χ2n) is 7.91. The Morgan fingerprint density at radius 3 is 2.26 bits per heavy atom. The fourth-order valence-corrected chi connectivity index (χ4v) is 3.56. The highest BCUT2D eigenvalue weighted by Gasteiger charge is 2.19. The number of carboxylic acids is 1. The molecule has 0 radical (unpaired) electrons. The molecule has 0 saturated carbocycles. The van der Waals surface area contributed by atoms with Crippen LogP contribution in [0.15, 0.2) is 91.0 Å². The maximum atomic E-state index is 12.2. The van der Waals surface area contributed by atoms with Crippen molar-refractivity contribution in [1.29, 1.82) is 0 Å². The van der Waals surface area contributed by atoms with Crippen LogP contribution in [0, 0.1) is 0 Å². The fraction of sp³-hybridized carbons (Fsp3) is 0.143. The molecule has 0 aliphatic carbocycles. The van der Waals surface area contributed by atoms with E-state index in [2.05, 4.69) is 6.58 Å². The highest BCUT2D eigenvalue weighted by atomic mass is 16.6. The average Bonchev–Trinajstić information content (AvgIpc) is 2.84. The molecule has 0 fully saturated rings. The highest BCUT2D eigenvalue weighted by molar-refractivity contribution is 6.07. The van der Waals surface area contributed by atoms with Gasteiger partial charge < -0.3 is 19.3 Å². The first-order valence-corrected chi connectivity index (χ1v) is 10.8. The van der Waals surface area contributed by atoms with E-state index in [-0.39, 0.29) is 24.4 Å². The molecule has 6 nitrogen and oxygen atoms in total. The van der Waals surface area contributed by atoms with Gasteiger partial charge in [-0.3, -0.25) is 0 Å². The number of para-hydroxylation sites is 1. The zero-order chi connectivity index (χ0) is 24.1. The molecule has 172 valence electrons. The van der Waals surface area contributed by atoms with Crippen molar-refractivity contribution in [3.8, 4) is 11.5 Å². The van der Waals surface area contributed by atoms with Gasteiger partial charge in [0.15, 0.2) is 6.10 Å². The van der Waals surface area contributed by atoms with E-state index in [0.717, 1.165) is 16.2 Å². The predicted octanol–water partition coefficient (Wildman–Crippen LogP) is 5.64. The molecule has 0 amide bonds. The quantitative estimate of drug-likeness (QED) is 0.199. The minimum atomic E-state index is -1.02. The molecular weight excluding hydrogens is 432 g/mol. The molecule has 34 heavy (non-hydrogen) atoms. The van der Waals surface area contributed by atoms with E-state index >= 15 is 0 Å². The summed E-state index contributed by atoms with van der Waals surface area (Å²) in [7, 11) is 0. The molecule has 0 aliphatic rings. The van der Waals surface area contributed by atoms with Gasteiger partial charge in [-0.15, -0.1) is 0 Å².